The largest absolute Gasteiger partial charge is 0.295 e. The number of carbonyl (C=O) groups is 1. The van der Waals surface area contributed by atoms with Gasteiger partial charge in [-0.25, -0.2) is 4.98 Å². The minimum Gasteiger partial charge on any atom is -0.295 e. The Bertz CT molecular complexity index is 433. The van der Waals surface area contributed by atoms with Crippen molar-refractivity contribution in [2.45, 2.75) is 13.3 Å². The number of hydrogen-bond donors (Lipinski definition) is 0. The number of aromatic nitrogens is 1. The zero-order chi connectivity index (χ0) is 10.8. The lowest BCUT2D eigenvalue weighted by Crippen LogP contribution is -2.26. The summed E-state index contributed by atoms with van der Waals surface area (Å²) in [6.45, 7) is 2.53. The van der Waals surface area contributed by atoms with Crippen molar-refractivity contribution in [2.75, 3.05) is 11.4 Å². The van der Waals surface area contributed by atoms with Gasteiger partial charge >= 0.3 is 0 Å². The Kier molecular flexibility index (Phi) is 2.42. The van der Waals surface area contributed by atoms with Crippen LogP contribution in [0, 0.1) is 25.2 Å². The zero-order valence-corrected chi connectivity index (χ0v) is 8.60. The molecule has 0 aliphatic carbocycles. The third kappa shape index (κ3) is 1.71. The van der Waals surface area contributed by atoms with Gasteiger partial charge in [-0.05, 0) is 18.6 Å². The first-order valence-corrected chi connectivity index (χ1v) is 4.90. The van der Waals surface area contributed by atoms with Gasteiger partial charge in [0.15, 0.2) is 0 Å². The normalized spacial score (nSPS) is 20.4. The van der Waals surface area contributed by atoms with Gasteiger partial charge in [0.25, 0.3) is 0 Å². The molecule has 0 bridgehead atoms. The minimum atomic E-state index is 0.0268. The standard InChI is InChI=1S/C12H12N2O/c1-3-10-7-11(15)14(8-10)12-9(2)5-4-6-13-12/h1,4-6,10H,7-8H2,2H3. The third-order valence-corrected chi connectivity index (χ3v) is 2.60. The van der Waals surface area contributed by atoms with Gasteiger partial charge in [-0.3, -0.25) is 9.69 Å². The SMILES string of the molecule is C#CC1CC(=O)N(c2ncccc2C)C1. The fourth-order valence-corrected chi connectivity index (χ4v) is 1.78. The van der Waals surface area contributed by atoms with E-state index in [0.717, 1.165) is 11.4 Å². The first-order valence-electron chi connectivity index (χ1n) is 4.90. The molecule has 3 nitrogen and oxygen atoms in total. The Balaban J connectivity index is 2.30. The van der Waals surface area contributed by atoms with Crippen molar-refractivity contribution >= 4 is 11.7 Å². The van der Waals surface area contributed by atoms with Crippen LogP contribution >= 0.6 is 0 Å². The zero-order valence-electron chi connectivity index (χ0n) is 8.60. The summed E-state index contributed by atoms with van der Waals surface area (Å²) in [5, 5.41) is 0. The maximum Gasteiger partial charge on any atom is 0.229 e. The number of nitrogens with zero attached hydrogens (tertiary/aromatic N) is 2. The van der Waals surface area contributed by atoms with E-state index in [4.69, 9.17) is 6.42 Å². The maximum absolute atomic E-state index is 11.7. The summed E-state index contributed by atoms with van der Waals surface area (Å²) in [7, 11) is 0. The number of rotatable bonds is 1. The fraction of sp³-hybridized carbons (Fsp3) is 0.333. The molecule has 3 heteroatoms. The molecule has 1 fully saturated rings. The molecule has 0 saturated carbocycles. The number of carbonyl (C=O) groups excluding carboxylic acids is 1. The molecule has 0 N–H and O–H groups in total. The van der Waals surface area contributed by atoms with E-state index in [2.05, 4.69) is 10.9 Å². The molecule has 2 rings (SSSR count). The van der Waals surface area contributed by atoms with E-state index >= 15 is 0 Å². The smallest absolute Gasteiger partial charge is 0.229 e. The lowest BCUT2D eigenvalue weighted by Gasteiger charge is -2.16. The molecule has 76 valence electrons. The van der Waals surface area contributed by atoms with Gasteiger partial charge in [0.2, 0.25) is 5.91 Å². The van der Waals surface area contributed by atoms with Gasteiger partial charge in [0.05, 0.1) is 0 Å². The van der Waals surface area contributed by atoms with E-state index in [0.29, 0.717) is 13.0 Å². The molecule has 1 aromatic heterocycles. The van der Waals surface area contributed by atoms with Crippen molar-refractivity contribution in [2.24, 2.45) is 5.92 Å². The van der Waals surface area contributed by atoms with Crippen LogP contribution in [0.3, 0.4) is 0 Å². The second kappa shape index (κ2) is 3.74. The summed E-state index contributed by atoms with van der Waals surface area (Å²) >= 11 is 0. The molecule has 1 aliphatic heterocycles. The predicted octanol–water partition coefficient (Wildman–Crippen LogP) is 1.38. The lowest BCUT2D eigenvalue weighted by molar-refractivity contribution is -0.117. The Labute approximate surface area is 89.1 Å². The van der Waals surface area contributed by atoms with Crippen LogP contribution in [0.4, 0.5) is 5.82 Å². The van der Waals surface area contributed by atoms with E-state index in [1.54, 1.807) is 11.1 Å². The van der Waals surface area contributed by atoms with E-state index in [9.17, 15) is 4.79 Å². The van der Waals surface area contributed by atoms with Crippen molar-refractivity contribution in [3.63, 3.8) is 0 Å². The second-order valence-corrected chi connectivity index (χ2v) is 3.72. The molecule has 0 radical (unpaired) electrons. The number of hydrogen-bond acceptors (Lipinski definition) is 2. The highest BCUT2D eigenvalue weighted by Crippen LogP contribution is 2.24. The number of pyridine rings is 1. The maximum atomic E-state index is 11.7. The van der Waals surface area contributed by atoms with Gasteiger partial charge in [0, 0.05) is 25.1 Å². The van der Waals surface area contributed by atoms with E-state index in [1.807, 2.05) is 19.1 Å². The van der Waals surface area contributed by atoms with Gasteiger partial charge in [0.1, 0.15) is 5.82 Å². The topological polar surface area (TPSA) is 33.2 Å². The van der Waals surface area contributed by atoms with Crippen LogP contribution in [0.1, 0.15) is 12.0 Å². The second-order valence-electron chi connectivity index (χ2n) is 3.72. The molecule has 1 aromatic rings. The van der Waals surface area contributed by atoms with Crippen molar-refractivity contribution in [3.05, 3.63) is 23.9 Å². The summed E-state index contributed by atoms with van der Waals surface area (Å²) in [4.78, 5) is 17.6. The Morgan fingerprint density at radius 3 is 3.07 bits per heavy atom. The van der Waals surface area contributed by atoms with Crippen molar-refractivity contribution < 1.29 is 4.79 Å². The van der Waals surface area contributed by atoms with Crippen molar-refractivity contribution in [1.82, 2.24) is 4.98 Å². The summed E-state index contributed by atoms with van der Waals surface area (Å²) in [6.07, 6.45) is 7.46. The molecule has 1 unspecified atom stereocenters. The fourth-order valence-electron chi connectivity index (χ4n) is 1.78. The average Bonchev–Trinajstić information content (AvgIpc) is 2.60. The molecule has 1 aliphatic rings. The van der Waals surface area contributed by atoms with Crippen LogP contribution in [0.2, 0.25) is 0 Å². The number of amides is 1. The molecular weight excluding hydrogens is 188 g/mol. The monoisotopic (exact) mass is 200 g/mol. The molecule has 15 heavy (non-hydrogen) atoms. The Morgan fingerprint density at radius 2 is 2.47 bits per heavy atom. The minimum absolute atomic E-state index is 0.0268. The highest BCUT2D eigenvalue weighted by atomic mass is 16.2. The quantitative estimate of drug-likeness (QED) is 0.641. The first kappa shape index (κ1) is 9.72. The van der Waals surface area contributed by atoms with Gasteiger partial charge in [-0.1, -0.05) is 6.07 Å². The van der Waals surface area contributed by atoms with Gasteiger partial charge < -0.3 is 0 Å². The van der Waals surface area contributed by atoms with E-state index < -0.39 is 0 Å². The summed E-state index contributed by atoms with van der Waals surface area (Å²) in [5.41, 5.74) is 1.00. The highest BCUT2D eigenvalue weighted by Gasteiger charge is 2.30. The van der Waals surface area contributed by atoms with Crippen LogP contribution in [-0.2, 0) is 4.79 Å². The average molecular weight is 200 g/mol. The summed E-state index contributed by atoms with van der Waals surface area (Å²) < 4.78 is 0. The molecular formula is C12H12N2O. The van der Waals surface area contributed by atoms with Crippen LogP contribution < -0.4 is 4.90 Å². The molecule has 0 aromatic carbocycles. The van der Waals surface area contributed by atoms with E-state index in [1.165, 1.54) is 0 Å². The summed E-state index contributed by atoms with van der Waals surface area (Å²) in [6, 6.07) is 3.80. The molecule has 1 amide bonds. The van der Waals surface area contributed by atoms with E-state index in [-0.39, 0.29) is 11.8 Å². The van der Waals surface area contributed by atoms with Crippen LogP contribution in [0.15, 0.2) is 18.3 Å². The van der Waals surface area contributed by atoms with Crippen LogP contribution in [0.5, 0.6) is 0 Å². The lowest BCUT2D eigenvalue weighted by atomic mass is 10.1. The van der Waals surface area contributed by atoms with Gasteiger partial charge in [-0.2, -0.15) is 0 Å². The molecule has 1 saturated heterocycles. The highest BCUT2D eigenvalue weighted by molar-refractivity contribution is 5.95. The summed E-state index contributed by atoms with van der Waals surface area (Å²) in [5.74, 6) is 3.46. The third-order valence-electron chi connectivity index (χ3n) is 2.60. The van der Waals surface area contributed by atoms with Crippen LogP contribution in [-0.4, -0.2) is 17.4 Å². The van der Waals surface area contributed by atoms with Gasteiger partial charge in [-0.15, -0.1) is 12.3 Å². The Morgan fingerprint density at radius 1 is 1.67 bits per heavy atom. The number of anilines is 1. The number of aryl methyl sites for hydroxylation is 1. The van der Waals surface area contributed by atoms with Crippen molar-refractivity contribution in [3.8, 4) is 12.3 Å². The first-order chi connectivity index (χ1) is 7.22. The van der Waals surface area contributed by atoms with Crippen LogP contribution in [0.25, 0.3) is 0 Å². The number of terminal acetylenes is 1. The Hall–Kier alpha value is -1.82. The van der Waals surface area contributed by atoms with Crippen molar-refractivity contribution in [1.29, 1.82) is 0 Å². The molecule has 1 atom stereocenters. The predicted molar refractivity (Wildman–Crippen MR) is 58.3 cm³/mol. The molecule has 2 heterocycles. The molecule has 0 spiro atoms.